The van der Waals surface area contributed by atoms with E-state index in [1.54, 1.807) is 56.8 Å². The van der Waals surface area contributed by atoms with E-state index in [1.807, 2.05) is 0 Å². The summed E-state index contributed by atoms with van der Waals surface area (Å²) in [6, 6.07) is 10.4. The predicted octanol–water partition coefficient (Wildman–Crippen LogP) is 4.16. The molecule has 0 radical (unpaired) electrons. The normalized spacial score (nSPS) is 10.7. The van der Waals surface area contributed by atoms with Crippen LogP contribution >= 0.6 is 23.2 Å². The Morgan fingerprint density at radius 2 is 1.71 bits per heavy atom. The molecule has 24 heavy (non-hydrogen) atoms. The molecule has 0 amide bonds. The molecule has 0 bridgehead atoms. The van der Waals surface area contributed by atoms with Crippen molar-refractivity contribution in [1.29, 1.82) is 0 Å². The van der Waals surface area contributed by atoms with Gasteiger partial charge in [0.05, 0.1) is 35.6 Å². The predicted molar refractivity (Wildman–Crippen MR) is 94.9 cm³/mol. The molecule has 3 aromatic rings. The van der Waals surface area contributed by atoms with Gasteiger partial charge >= 0.3 is 5.69 Å². The third-order valence-corrected chi connectivity index (χ3v) is 4.33. The second kappa shape index (κ2) is 6.63. The van der Waals surface area contributed by atoms with Gasteiger partial charge in [-0.25, -0.2) is 4.79 Å². The molecule has 0 unspecified atom stereocenters. The standard InChI is InChI=1S/C17H14Cl2N2O3/c1-23-15-6-4-11(8-16(15)24-2)21-9-14(20-17(21)22)10-3-5-12(18)13(19)7-10/h3-9H,1-2H3,(H,20,22). The highest BCUT2D eigenvalue weighted by atomic mass is 35.5. The van der Waals surface area contributed by atoms with Gasteiger partial charge in [0, 0.05) is 17.8 Å². The Kier molecular flexibility index (Phi) is 4.55. The van der Waals surface area contributed by atoms with Crippen LogP contribution in [0.4, 0.5) is 0 Å². The molecule has 7 heteroatoms. The van der Waals surface area contributed by atoms with Crippen LogP contribution < -0.4 is 15.2 Å². The fourth-order valence-electron chi connectivity index (χ4n) is 2.37. The maximum Gasteiger partial charge on any atom is 0.330 e. The van der Waals surface area contributed by atoms with Crippen LogP contribution in [-0.2, 0) is 0 Å². The third-order valence-electron chi connectivity index (χ3n) is 3.59. The number of hydrogen-bond acceptors (Lipinski definition) is 3. The number of methoxy groups -OCH3 is 2. The molecular weight excluding hydrogens is 351 g/mol. The lowest BCUT2D eigenvalue weighted by Crippen LogP contribution is -2.14. The maximum absolute atomic E-state index is 12.3. The summed E-state index contributed by atoms with van der Waals surface area (Å²) in [6.07, 6.45) is 1.70. The molecule has 124 valence electrons. The largest absolute Gasteiger partial charge is 0.493 e. The number of hydrogen-bond donors (Lipinski definition) is 1. The van der Waals surface area contributed by atoms with E-state index in [9.17, 15) is 4.79 Å². The van der Waals surface area contributed by atoms with Crippen molar-refractivity contribution < 1.29 is 9.47 Å². The monoisotopic (exact) mass is 364 g/mol. The van der Waals surface area contributed by atoms with Crippen molar-refractivity contribution in [3.63, 3.8) is 0 Å². The fraction of sp³-hybridized carbons (Fsp3) is 0.118. The van der Waals surface area contributed by atoms with Crippen LogP contribution in [0.2, 0.25) is 10.0 Å². The molecule has 0 atom stereocenters. The first-order valence-corrected chi connectivity index (χ1v) is 7.78. The Bertz CT molecular complexity index is 947. The van der Waals surface area contributed by atoms with Crippen LogP contribution in [0.25, 0.3) is 16.9 Å². The van der Waals surface area contributed by atoms with E-state index in [0.717, 1.165) is 5.56 Å². The molecule has 1 N–H and O–H groups in total. The number of imidazole rings is 1. The summed E-state index contributed by atoms with van der Waals surface area (Å²) in [4.78, 5) is 15.1. The molecular formula is C17H14Cl2N2O3. The highest BCUT2D eigenvalue weighted by molar-refractivity contribution is 6.42. The van der Waals surface area contributed by atoms with Crippen molar-refractivity contribution in [2.24, 2.45) is 0 Å². The first kappa shape index (κ1) is 16.5. The van der Waals surface area contributed by atoms with Crippen LogP contribution in [0.1, 0.15) is 0 Å². The number of H-pyrrole nitrogens is 1. The van der Waals surface area contributed by atoms with Gasteiger partial charge < -0.3 is 14.5 Å². The van der Waals surface area contributed by atoms with E-state index in [-0.39, 0.29) is 5.69 Å². The van der Waals surface area contributed by atoms with Crippen LogP contribution in [-0.4, -0.2) is 23.8 Å². The zero-order valence-electron chi connectivity index (χ0n) is 13.0. The molecule has 0 aliphatic heterocycles. The lowest BCUT2D eigenvalue weighted by Gasteiger charge is -2.09. The summed E-state index contributed by atoms with van der Waals surface area (Å²) in [6.45, 7) is 0. The van der Waals surface area contributed by atoms with Gasteiger partial charge in [-0.3, -0.25) is 4.57 Å². The zero-order valence-corrected chi connectivity index (χ0v) is 14.5. The molecule has 3 rings (SSSR count). The summed E-state index contributed by atoms with van der Waals surface area (Å²) < 4.78 is 12.0. The zero-order chi connectivity index (χ0) is 17.3. The van der Waals surface area contributed by atoms with Gasteiger partial charge in [-0.15, -0.1) is 0 Å². The number of nitrogens with one attached hydrogen (secondary N) is 1. The number of halogens is 2. The maximum atomic E-state index is 12.3. The number of aromatic amines is 1. The average Bonchev–Trinajstić information content (AvgIpc) is 2.98. The van der Waals surface area contributed by atoms with Crippen molar-refractivity contribution in [2.45, 2.75) is 0 Å². The van der Waals surface area contributed by atoms with Crippen LogP contribution in [0.5, 0.6) is 11.5 Å². The van der Waals surface area contributed by atoms with Gasteiger partial charge in [0.2, 0.25) is 0 Å². The molecule has 0 aliphatic carbocycles. The summed E-state index contributed by atoms with van der Waals surface area (Å²) in [7, 11) is 3.10. The second-order valence-electron chi connectivity index (χ2n) is 5.01. The number of rotatable bonds is 4. The first-order valence-electron chi connectivity index (χ1n) is 7.03. The number of aromatic nitrogens is 2. The van der Waals surface area contributed by atoms with E-state index in [1.165, 1.54) is 4.57 Å². The van der Waals surface area contributed by atoms with E-state index in [4.69, 9.17) is 32.7 Å². The molecule has 2 aromatic carbocycles. The van der Waals surface area contributed by atoms with Gasteiger partial charge in [-0.2, -0.15) is 0 Å². The van der Waals surface area contributed by atoms with Gasteiger partial charge in [-0.1, -0.05) is 29.3 Å². The Labute approximate surface area is 148 Å². The Hall–Kier alpha value is -2.37. The van der Waals surface area contributed by atoms with E-state index in [0.29, 0.717) is 32.9 Å². The smallest absolute Gasteiger partial charge is 0.330 e. The molecule has 0 fully saturated rings. The SMILES string of the molecule is COc1ccc(-n2cc(-c3ccc(Cl)c(Cl)c3)[nH]c2=O)cc1OC. The molecule has 1 heterocycles. The number of benzene rings is 2. The highest BCUT2D eigenvalue weighted by Gasteiger charge is 2.11. The van der Waals surface area contributed by atoms with Crippen LogP contribution in [0, 0.1) is 0 Å². The minimum absolute atomic E-state index is 0.275. The Balaban J connectivity index is 2.06. The summed E-state index contributed by atoms with van der Waals surface area (Å²) in [5.41, 5.74) is 1.78. The Morgan fingerprint density at radius 1 is 0.958 bits per heavy atom. The van der Waals surface area contributed by atoms with Crippen LogP contribution in [0.15, 0.2) is 47.4 Å². The molecule has 0 spiro atoms. The highest BCUT2D eigenvalue weighted by Crippen LogP contribution is 2.30. The average molecular weight is 365 g/mol. The summed E-state index contributed by atoms with van der Waals surface area (Å²) in [5.74, 6) is 1.13. The second-order valence-corrected chi connectivity index (χ2v) is 5.83. The van der Waals surface area contributed by atoms with Crippen molar-refractivity contribution in [3.8, 4) is 28.4 Å². The number of nitrogens with zero attached hydrogens (tertiary/aromatic N) is 1. The van der Waals surface area contributed by atoms with Crippen molar-refractivity contribution >= 4 is 23.2 Å². The van der Waals surface area contributed by atoms with Crippen molar-refractivity contribution in [1.82, 2.24) is 9.55 Å². The van der Waals surface area contributed by atoms with Gasteiger partial charge in [0.25, 0.3) is 0 Å². The summed E-state index contributed by atoms with van der Waals surface area (Å²) in [5, 5.41) is 0.885. The van der Waals surface area contributed by atoms with Gasteiger partial charge in [0.15, 0.2) is 11.5 Å². The molecule has 0 saturated carbocycles. The van der Waals surface area contributed by atoms with Crippen molar-refractivity contribution in [2.75, 3.05) is 14.2 Å². The fourth-order valence-corrected chi connectivity index (χ4v) is 2.67. The van der Waals surface area contributed by atoms with E-state index >= 15 is 0 Å². The number of ether oxygens (including phenoxy) is 2. The molecule has 5 nitrogen and oxygen atoms in total. The molecule has 0 aliphatic rings. The molecule has 1 aromatic heterocycles. The van der Waals surface area contributed by atoms with E-state index in [2.05, 4.69) is 4.98 Å². The van der Waals surface area contributed by atoms with Crippen molar-refractivity contribution in [3.05, 3.63) is 63.1 Å². The van der Waals surface area contributed by atoms with Crippen LogP contribution in [0.3, 0.4) is 0 Å². The molecule has 0 saturated heterocycles. The lowest BCUT2D eigenvalue weighted by atomic mass is 10.2. The first-order chi connectivity index (χ1) is 11.5. The minimum atomic E-state index is -0.275. The lowest BCUT2D eigenvalue weighted by molar-refractivity contribution is 0.355. The van der Waals surface area contributed by atoms with Gasteiger partial charge in [-0.05, 0) is 24.3 Å². The summed E-state index contributed by atoms with van der Waals surface area (Å²) >= 11 is 12.0. The Morgan fingerprint density at radius 3 is 2.38 bits per heavy atom. The minimum Gasteiger partial charge on any atom is -0.493 e. The van der Waals surface area contributed by atoms with Gasteiger partial charge in [0.1, 0.15) is 0 Å². The third kappa shape index (κ3) is 3.00. The quantitative estimate of drug-likeness (QED) is 0.756. The van der Waals surface area contributed by atoms with E-state index < -0.39 is 0 Å². The topological polar surface area (TPSA) is 56.2 Å².